The van der Waals surface area contributed by atoms with Gasteiger partial charge in [-0.1, -0.05) is 73.2 Å². The summed E-state index contributed by atoms with van der Waals surface area (Å²) < 4.78 is 5.99. The number of aryl methyl sites for hydroxylation is 1. The van der Waals surface area contributed by atoms with Crippen molar-refractivity contribution in [3.8, 4) is 5.75 Å². The molecule has 0 heterocycles. The molecule has 0 aliphatic carbocycles. The maximum atomic E-state index is 11.1. The molecular formula is C33H38O5. The molecular weight excluding hydrogens is 476 g/mol. The Labute approximate surface area is 225 Å². The summed E-state index contributed by atoms with van der Waals surface area (Å²) in [7, 11) is 0. The largest absolute Gasteiger partial charge is 0.494 e. The number of carboxylic acid groups (broad SMARTS) is 2. The molecule has 0 aliphatic rings. The molecule has 1 atom stereocenters. The quantitative estimate of drug-likeness (QED) is 0.145. The van der Waals surface area contributed by atoms with Gasteiger partial charge in [0, 0.05) is 6.42 Å². The number of aromatic carboxylic acids is 1. The molecule has 200 valence electrons. The lowest BCUT2D eigenvalue weighted by molar-refractivity contribution is -0.137. The van der Waals surface area contributed by atoms with E-state index in [4.69, 9.17) is 14.9 Å². The average molecular weight is 515 g/mol. The van der Waals surface area contributed by atoms with Crippen LogP contribution in [0, 0.1) is 5.92 Å². The number of rotatable bonds is 17. The van der Waals surface area contributed by atoms with Crippen LogP contribution in [0.4, 0.5) is 0 Å². The molecule has 1 unspecified atom stereocenters. The minimum atomic E-state index is -0.930. The van der Waals surface area contributed by atoms with E-state index >= 15 is 0 Å². The Kier molecular flexibility index (Phi) is 12.1. The fourth-order valence-electron chi connectivity index (χ4n) is 4.46. The van der Waals surface area contributed by atoms with Crippen molar-refractivity contribution in [3.05, 3.63) is 113 Å². The maximum absolute atomic E-state index is 11.1. The minimum Gasteiger partial charge on any atom is -0.494 e. The standard InChI is InChI=1S/C33H38O5/c34-32(35)18-5-4-13-27(24-29-19-21-30(22-20-29)33(36)37)14-8-15-28-16-9-17-31(25-28)38-23-7-6-12-26-10-2-1-3-11-26/h1-3,8-11,14,16-17,19-22,25,27H,4-7,12-13,15,18,23-24H2,(H,34,35)(H,36,37)/b14-8-. The Morgan fingerprint density at radius 1 is 0.789 bits per heavy atom. The van der Waals surface area contributed by atoms with E-state index in [-0.39, 0.29) is 17.9 Å². The fourth-order valence-corrected chi connectivity index (χ4v) is 4.46. The third-order valence-corrected chi connectivity index (χ3v) is 6.55. The van der Waals surface area contributed by atoms with Crippen LogP contribution in [0.2, 0.25) is 0 Å². The van der Waals surface area contributed by atoms with Crippen molar-refractivity contribution < 1.29 is 24.5 Å². The molecule has 2 N–H and O–H groups in total. The van der Waals surface area contributed by atoms with E-state index < -0.39 is 11.9 Å². The predicted octanol–water partition coefficient (Wildman–Crippen LogP) is 7.39. The lowest BCUT2D eigenvalue weighted by atomic mass is 9.92. The second-order valence-electron chi connectivity index (χ2n) is 9.68. The molecule has 3 aromatic rings. The van der Waals surface area contributed by atoms with Gasteiger partial charge in [0.05, 0.1) is 12.2 Å². The van der Waals surface area contributed by atoms with Gasteiger partial charge in [-0.05, 0) is 91.8 Å². The van der Waals surface area contributed by atoms with Crippen LogP contribution in [-0.4, -0.2) is 28.8 Å². The smallest absolute Gasteiger partial charge is 0.335 e. The predicted molar refractivity (Wildman–Crippen MR) is 151 cm³/mol. The summed E-state index contributed by atoms with van der Waals surface area (Å²) in [5.41, 5.74) is 3.89. The highest BCUT2D eigenvalue weighted by Gasteiger charge is 2.09. The first-order chi connectivity index (χ1) is 18.5. The highest BCUT2D eigenvalue weighted by molar-refractivity contribution is 5.87. The molecule has 0 aromatic heterocycles. The summed E-state index contributed by atoms with van der Waals surface area (Å²) in [6, 6.07) is 25.7. The molecule has 0 saturated heterocycles. The lowest BCUT2D eigenvalue weighted by Gasteiger charge is -2.13. The molecule has 0 saturated carbocycles. The second kappa shape index (κ2) is 16.1. The first kappa shape index (κ1) is 28.7. The summed E-state index contributed by atoms with van der Waals surface area (Å²) in [6.45, 7) is 0.700. The number of benzene rings is 3. The maximum Gasteiger partial charge on any atom is 0.335 e. The number of unbranched alkanes of at least 4 members (excludes halogenated alkanes) is 2. The van der Waals surface area contributed by atoms with Crippen LogP contribution in [0.25, 0.3) is 0 Å². The summed E-state index contributed by atoms with van der Waals surface area (Å²) >= 11 is 0. The van der Waals surface area contributed by atoms with Gasteiger partial charge in [-0.3, -0.25) is 4.79 Å². The number of hydrogen-bond acceptors (Lipinski definition) is 3. The zero-order valence-electron chi connectivity index (χ0n) is 21.9. The van der Waals surface area contributed by atoms with Crippen molar-refractivity contribution in [2.24, 2.45) is 5.92 Å². The van der Waals surface area contributed by atoms with Crippen molar-refractivity contribution in [2.75, 3.05) is 6.61 Å². The molecule has 0 fully saturated rings. The van der Waals surface area contributed by atoms with E-state index in [9.17, 15) is 9.59 Å². The van der Waals surface area contributed by atoms with Gasteiger partial charge < -0.3 is 14.9 Å². The Hall–Kier alpha value is -3.86. The molecule has 5 heteroatoms. The van der Waals surface area contributed by atoms with Crippen molar-refractivity contribution in [3.63, 3.8) is 0 Å². The van der Waals surface area contributed by atoms with Gasteiger partial charge >= 0.3 is 11.9 Å². The van der Waals surface area contributed by atoms with Gasteiger partial charge in [0.2, 0.25) is 0 Å². The average Bonchev–Trinajstić information content (AvgIpc) is 2.92. The van der Waals surface area contributed by atoms with E-state index in [1.54, 1.807) is 12.1 Å². The third-order valence-electron chi connectivity index (χ3n) is 6.55. The lowest BCUT2D eigenvalue weighted by Crippen LogP contribution is -2.04. The number of aliphatic carboxylic acids is 1. The molecule has 0 amide bonds. The molecule has 0 spiro atoms. The summed E-state index contributed by atoms with van der Waals surface area (Å²) in [5.74, 6) is -0.553. The van der Waals surface area contributed by atoms with Gasteiger partial charge in [0.15, 0.2) is 0 Å². The van der Waals surface area contributed by atoms with Crippen molar-refractivity contribution in [2.45, 2.75) is 57.8 Å². The first-order valence-corrected chi connectivity index (χ1v) is 13.5. The zero-order chi connectivity index (χ0) is 27.0. The summed E-state index contributed by atoms with van der Waals surface area (Å²) in [4.78, 5) is 22.0. The fraction of sp³-hybridized carbons (Fsp3) is 0.333. The highest BCUT2D eigenvalue weighted by atomic mass is 16.5. The van der Waals surface area contributed by atoms with Gasteiger partial charge in [0.1, 0.15) is 5.75 Å². The molecule has 0 radical (unpaired) electrons. The Morgan fingerprint density at radius 2 is 1.55 bits per heavy atom. The molecule has 3 aromatic carbocycles. The van der Waals surface area contributed by atoms with Gasteiger partial charge in [-0.2, -0.15) is 0 Å². The van der Waals surface area contributed by atoms with E-state index in [1.165, 1.54) is 11.1 Å². The van der Waals surface area contributed by atoms with Crippen LogP contribution in [-0.2, 0) is 24.1 Å². The molecule has 5 nitrogen and oxygen atoms in total. The van der Waals surface area contributed by atoms with E-state index in [0.29, 0.717) is 13.0 Å². The number of hydrogen-bond donors (Lipinski definition) is 2. The van der Waals surface area contributed by atoms with Crippen LogP contribution in [0.15, 0.2) is 91.0 Å². The number of ether oxygens (including phenoxy) is 1. The topological polar surface area (TPSA) is 83.8 Å². The monoisotopic (exact) mass is 514 g/mol. The second-order valence-corrected chi connectivity index (χ2v) is 9.68. The van der Waals surface area contributed by atoms with Crippen LogP contribution in [0.1, 0.15) is 65.6 Å². The minimum absolute atomic E-state index is 0.183. The van der Waals surface area contributed by atoms with Crippen molar-refractivity contribution in [1.82, 2.24) is 0 Å². The Balaban J connectivity index is 1.49. The van der Waals surface area contributed by atoms with Gasteiger partial charge in [-0.15, -0.1) is 0 Å². The number of allylic oxidation sites excluding steroid dienone is 2. The Morgan fingerprint density at radius 3 is 2.29 bits per heavy atom. The normalized spacial score (nSPS) is 11.9. The number of carboxylic acids is 2. The third kappa shape index (κ3) is 11.0. The Bertz CT molecular complexity index is 1150. The summed E-state index contributed by atoms with van der Waals surface area (Å²) in [6.07, 6.45) is 11.7. The molecule has 0 bridgehead atoms. The van der Waals surface area contributed by atoms with Gasteiger partial charge in [0.25, 0.3) is 0 Å². The molecule has 38 heavy (non-hydrogen) atoms. The molecule has 3 rings (SSSR count). The zero-order valence-corrected chi connectivity index (χ0v) is 21.9. The van der Waals surface area contributed by atoms with E-state index in [2.05, 4.69) is 48.6 Å². The molecule has 0 aliphatic heterocycles. The van der Waals surface area contributed by atoms with Crippen molar-refractivity contribution >= 4 is 11.9 Å². The highest BCUT2D eigenvalue weighted by Crippen LogP contribution is 2.20. The van der Waals surface area contributed by atoms with Crippen LogP contribution < -0.4 is 4.74 Å². The summed E-state index contributed by atoms with van der Waals surface area (Å²) in [5, 5.41) is 18.1. The van der Waals surface area contributed by atoms with Crippen LogP contribution >= 0.6 is 0 Å². The van der Waals surface area contributed by atoms with E-state index in [1.807, 2.05) is 30.3 Å². The van der Waals surface area contributed by atoms with Crippen molar-refractivity contribution in [1.29, 1.82) is 0 Å². The number of carbonyl (C=O) groups is 2. The van der Waals surface area contributed by atoms with Gasteiger partial charge in [-0.25, -0.2) is 4.79 Å². The van der Waals surface area contributed by atoms with Crippen LogP contribution in [0.5, 0.6) is 5.75 Å². The SMILES string of the molecule is O=C(O)CCCCC(/C=C\Cc1cccc(OCCCCc2ccccc2)c1)Cc1ccc(C(=O)O)cc1. The van der Waals surface area contributed by atoms with Crippen LogP contribution in [0.3, 0.4) is 0 Å². The first-order valence-electron chi connectivity index (χ1n) is 13.5. The van der Waals surface area contributed by atoms with E-state index in [0.717, 1.165) is 56.3 Å².